The van der Waals surface area contributed by atoms with Crippen LogP contribution in [0.25, 0.3) is 0 Å². The van der Waals surface area contributed by atoms with Crippen molar-refractivity contribution in [3.63, 3.8) is 0 Å². The lowest BCUT2D eigenvalue weighted by atomic mass is 9.74. The van der Waals surface area contributed by atoms with Crippen molar-refractivity contribution in [2.45, 2.75) is 44.6 Å². The Labute approximate surface area is 91.1 Å². The van der Waals surface area contributed by atoms with Gasteiger partial charge < -0.3 is 5.73 Å². The Bertz CT molecular complexity index is 331. The van der Waals surface area contributed by atoms with Crippen LogP contribution in [-0.2, 0) is 14.6 Å². The SMILES string of the molecule is CCCS(=O)(=O)CCC(=O)C1(N)CCC1. The van der Waals surface area contributed by atoms with Gasteiger partial charge in [-0.25, -0.2) is 8.42 Å². The van der Waals surface area contributed by atoms with E-state index in [1.54, 1.807) is 0 Å². The van der Waals surface area contributed by atoms with Crippen LogP contribution in [0, 0.1) is 0 Å². The first kappa shape index (κ1) is 12.6. The molecule has 1 aliphatic rings. The quantitative estimate of drug-likeness (QED) is 0.730. The van der Waals surface area contributed by atoms with Crippen molar-refractivity contribution in [3.05, 3.63) is 0 Å². The maximum absolute atomic E-state index is 11.6. The summed E-state index contributed by atoms with van der Waals surface area (Å²) in [5, 5.41) is 0. The molecule has 0 bridgehead atoms. The van der Waals surface area contributed by atoms with Crippen LogP contribution in [0.4, 0.5) is 0 Å². The maximum Gasteiger partial charge on any atom is 0.153 e. The van der Waals surface area contributed by atoms with Crippen molar-refractivity contribution >= 4 is 15.6 Å². The minimum Gasteiger partial charge on any atom is -0.319 e. The lowest BCUT2D eigenvalue weighted by molar-refractivity contribution is -0.126. The Balaban J connectivity index is 2.40. The third-order valence-corrected chi connectivity index (χ3v) is 4.81. The Morgan fingerprint density at radius 3 is 2.33 bits per heavy atom. The van der Waals surface area contributed by atoms with Crippen LogP contribution in [-0.4, -0.2) is 31.2 Å². The smallest absolute Gasteiger partial charge is 0.153 e. The number of nitrogens with two attached hydrogens (primary N) is 1. The standard InChI is InChI=1S/C10H19NO3S/c1-2-7-15(13,14)8-4-9(12)10(11)5-3-6-10/h2-8,11H2,1H3. The molecule has 15 heavy (non-hydrogen) atoms. The summed E-state index contributed by atoms with van der Waals surface area (Å²) in [5.41, 5.74) is 5.10. The zero-order valence-corrected chi connectivity index (χ0v) is 9.98. The average molecular weight is 233 g/mol. The first-order chi connectivity index (χ1) is 6.90. The van der Waals surface area contributed by atoms with Crippen molar-refractivity contribution in [1.82, 2.24) is 0 Å². The Morgan fingerprint density at radius 2 is 1.93 bits per heavy atom. The van der Waals surface area contributed by atoms with Crippen molar-refractivity contribution in [3.8, 4) is 0 Å². The van der Waals surface area contributed by atoms with Crippen molar-refractivity contribution in [2.24, 2.45) is 5.73 Å². The van der Waals surface area contributed by atoms with Gasteiger partial charge >= 0.3 is 0 Å². The van der Waals surface area contributed by atoms with E-state index in [9.17, 15) is 13.2 Å². The van der Waals surface area contributed by atoms with Gasteiger partial charge in [0.25, 0.3) is 0 Å². The molecule has 1 saturated carbocycles. The van der Waals surface area contributed by atoms with Gasteiger partial charge in [-0.05, 0) is 25.7 Å². The van der Waals surface area contributed by atoms with E-state index in [2.05, 4.69) is 0 Å². The fourth-order valence-electron chi connectivity index (χ4n) is 1.75. The second-order valence-electron chi connectivity index (χ2n) is 4.33. The summed E-state index contributed by atoms with van der Waals surface area (Å²) in [7, 11) is -3.05. The zero-order chi connectivity index (χ0) is 11.5. The first-order valence-corrected chi connectivity index (χ1v) is 7.24. The number of hydrogen-bond donors (Lipinski definition) is 1. The van der Waals surface area contributed by atoms with E-state index >= 15 is 0 Å². The molecule has 0 unspecified atom stereocenters. The Morgan fingerprint density at radius 1 is 1.33 bits per heavy atom. The summed E-state index contributed by atoms with van der Waals surface area (Å²) in [6.45, 7) is 1.82. The Kier molecular flexibility index (Phi) is 3.89. The highest BCUT2D eigenvalue weighted by atomic mass is 32.2. The molecule has 4 nitrogen and oxygen atoms in total. The van der Waals surface area contributed by atoms with Crippen LogP contribution < -0.4 is 5.73 Å². The highest BCUT2D eigenvalue weighted by molar-refractivity contribution is 7.91. The minimum atomic E-state index is -3.05. The van der Waals surface area contributed by atoms with Gasteiger partial charge in [0.2, 0.25) is 0 Å². The summed E-state index contributed by atoms with van der Waals surface area (Å²) in [6.07, 6.45) is 3.08. The molecule has 5 heteroatoms. The fourth-order valence-corrected chi connectivity index (χ4v) is 3.07. The molecule has 0 aliphatic heterocycles. The molecule has 1 aliphatic carbocycles. The normalized spacial score (nSPS) is 19.6. The van der Waals surface area contributed by atoms with Crippen molar-refractivity contribution < 1.29 is 13.2 Å². The second kappa shape index (κ2) is 4.61. The molecule has 0 aromatic heterocycles. The molecule has 0 heterocycles. The molecule has 0 spiro atoms. The number of ketones is 1. The highest BCUT2D eigenvalue weighted by Crippen LogP contribution is 2.30. The van der Waals surface area contributed by atoms with Gasteiger partial charge in [-0.1, -0.05) is 6.92 Å². The van der Waals surface area contributed by atoms with Crippen molar-refractivity contribution in [2.75, 3.05) is 11.5 Å². The molecular weight excluding hydrogens is 214 g/mol. The fraction of sp³-hybridized carbons (Fsp3) is 0.900. The number of carbonyl (C=O) groups excluding carboxylic acids is 1. The van der Waals surface area contributed by atoms with Gasteiger partial charge in [-0.2, -0.15) is 0 Å². The molecule has 0 atom stereocenters. The summed E-state index contributed by atoms with van der Waals surface area (Å²) < 4.78 is 22.8. The van der Waals surface area contributed by atoms with E-state index in [0.717, 1.165) is 6.42 Å². The molecule has 1 rings (SSSR count). The number of carbonyl (C=O) groups is 1. The Hall–Kier alpha value is -0.420. The highest BCUT2D eigenvalue weighted by Gasteiger charge is 2.39. The second-order valence-corrected chi connectivity index (χ2v) is 6.64. The lowest BCUT2D eigenvalue weighted by Crippen LogP contribution is -2.53. The summed E-state index contributed by atoms with van der Waals surface area (Å²) in [5.74, 6) is 0.0321. The van der Waals surface area contributed by atoms with Crippen molar-refractivity contribution in [1.29, 1.82) is 0 Å². The molecule has 88 valence electrons. The van der Waals surface area contributed by atoms with E-state index < -0.39 is 15.4 Å². The monoisotopic (exact) mass is 233 g/mol. The minimum absolute atomic E-state index is 0.0430. The topological polar surface area (TPSA) is 77.2 Å². The predicted molar refractivity (Wildman–Crippen MR) is 59.3 cm³/mol. The van der Waals surface area contributed by atoms with Crippen LogP contribution in [0.15, 0.2) is 0 Å². The van der Waals surface area contributed by atoms with E-state index in [1.807, 2.05) is 6.92 Å². The first-order valence-electron chi connectivity index (χ1n) is 5.42. The third-order valence-electron chi connectivity index (χ3n) is 2.96. The van der Waals surface area contributed by atoms with Crippen LogP contribution in [0.1, 0.15) is 39.0 Å². The van der Waals surface area contributed by atoms with E-state index in [-0.39, 0.29) is 23.7 Å². The van der Waals surface area contributed by atoms with E-state index in [1.165, 1.54) is 0 Å². The van der Waals surface area contributed by atoms with Gasteiger partial charge in [0, 0.05) is 12.2 Å². The number of rotatable bonds is 6. The van der Waals surface area contributed by atoms with Crippen LogP contribution in [0.2, 0.25) is 0 Å². The third kappa shape index (κ3) is 3.28. The molecule has 0 amide bonds. The maximum atomic E-state index is 11.6. The summed E-state index contributed by atoms with van der Waals surface area (Å²) in [4.78, 5) is 11.6. The lowest BCUT2D eigenvalue weighted by Gasteiger charge is -2.36. The molecule has 0 aromatic carbocycles. The van der Waals surface area contributed by atoms with E-state index in [4.69, 9.17) is 5.73 Å². The van der Waals surface area contributed by atoms with Crippen LogP contribution >= 0.6 is 0 Å². The average Bonchev–Trinajstić information content (AvgIpc) is 2.10. The number of Topliss-reactive ketones (excluding diaryl/α,β-unsaturated/α-hetero) is 1. The van der Waals surface area contributed by atoms with Gasteiger partial charge in [0.15, 0.2) is 15.6 Å². The van der Waals surface area contributed by atoms with Gasteiger partial charge in [-0.15, -0.1) is 0 Å². The molecule has 1 fully saturated rings. The molecule has 0 saturated heterocycles. The number of sulfone groups is 1. The summed E-state index contributed by atoms with van der Waals surface area (Å²) >= 11 is 0. The largest absolute Gasteiger partial charge is 0.319 e. The molecule has 0 aromatic rings. The summed E-state index contributed by atoms with van der Waals surface area (Å²) in [6, 6.07) is 0. The van der Waals surface area contributed by atoms with Crippen LogP contribution in [0.5, 0.6) is 0 Å². The van der Waals surface area contributed by atoms with Gasteiger partial charge in [-0.3, -0.25) is 4.79 Å². The predicted octanol–water partition coefficient (Wildman–Crippen LogP) is 0.652. The van der Waals surface area contributed by atoms with Gasteiger partial charge in [0.05, 0.1) is 11.3 Å². The van der Waals surface area contributed by atoms with Gasteiger partial charge in [0.1, 0.15) is 0 Å². The van der Waals surface area contributed by atoms with Crippen LogP contribution in [0.3, 0.4) is 0 Å². The van der Waals surface area contributed by atoms with E-state index in [0.29, 0.717) is 19.3 Å². The zero-order valence-electron chi connectivity index (χ0n) is 9.16. The molecule has 0 radical (unpaired) electrons. The number of hydrogen-bond acceptors (Lipinski definition) is 4. The molecular formula is C10H19NO3S. The molecule has 2 N–H and O–H groups in total.